The van der Waals surface area contributed by atoms with E-state index in [0.717, 1.165) is 41.1 Å². The number of hydrogen-bond donors (Lipinski definition) is 1. The van der Waals surface area contributed by atoms with Crippen LogP contribution in [0.15, 0.2) is 59.6 Å². The number of hydrogen-bond acceptors (Lipinski definition) is 3. The van der Waals surface area contributed by atoms with Crippen molar-refractivity contribution in [3.05, 3.63) is 81.2 Å². The van der Waals surface area contributed by atoms with Crippen LogP contribution >= 0.6 is 22.9 Å². The summed E-state index contributed by atoms with van der Waals surface area (Å²) in [7, 11) is 0. The van der Waals surface area contributed by atoms with E-state index < -0.39 is 0 Å². The molecule has 0 aliphatic heterocycles. The van der Waals surface area contributed by atoms with E-state index in [9.17, 15) is 4.79 Å². The summed E-state index contributed by atoms with van der Waals surface area (Å²) in [5.41, 5.74) is 3.89. The van der Waals surface area contributed by atoms with E-state index in [-0.39, 0.29) is 11.3 Å². The van der Waals surface area contributed by atoms with Crippen LogP contribution in [0.3, 0.4) is 0 Å². The average molecular weight is 451 g/mol. The maximum absolute atomic E-state index is 13.3. The van der Waals surface area contributed by atoms with E-state index in [1.54, 1.807) is 11.3 Å². The third-order valence-corrected chi connectivity index (χ3v) is 7.35. The number of benzene rings is 2. The van der Waals surface area contributed by atoms with Crippen LogP contribution in [0.4, 0.5) is 10.7 Å². The van der Waals surface area contributed by atoms with Gasteiger partial charge in [0.2, 0.25) is 0 Å². The fourth-order valence-corrected chi connectivity index (χ4v) is 5.43. The normalized spacial score (nSPS) is 16.3. The van der Waals surface area contributed by atoms with Crippen molar-refractivity contribution in [2.24, 2.45) is 16.3 Å². The van der Waals surface area contributed by atoms with Crippen molar-refractivity contribution in [2.45, 2.75) is 40.0 Å². The number of fused-ring (bicyclic) bond motifs is 1. The lowest BCUT2D eigenvalue weighted by Crippen LogP contribution is -2.27. The molecule has 0 saturated heterocycles. The largest absolute Gasteiger partial charge is 0.322 e. The van der Waals surface area contributed by atoms with E-state index in [0.29, 0.717) is 10.9 Å². The summed E-state index contributed by atoms with van der Waals surface area (Å²) in [5, 5.41) is 4.53. The highest BCUT2D eigenvalue weighted by Crippen LogP contribution is 2.45. The molecule has 1 atom stereocenters. The van der Waals surface area contributed by atoms with Crippen LogP contribution in [0.5, 0.6) is 0 Å². The quantitative estimate of drug-likeness (QED) is 0.409. The summed E-state index contributed by atoms with van der Waals surface area (Å²) in [5.74, 6) is 0.526. The van der Waals surface area contributed by atoms with E-state index in [1.165, 1.54) is 10.4 Å². The second-order valence-electron chi connectivity index (χ2n) is 9.12. The first-order valence-electron chi connectivity index (χ1n) is 10.6. The Hall–Kier alpha value is -2.43. The summed E-state index contributed by atoms with van der Waals surface area (Å²) in [6.07, 6.45) is 4.83. The second kappa shape index (κ2) is 8.97. The van der Waals surface area contributed by atoms with Crippen molar-refractivity contribution >= 4 is 45.7 Å². The van der Waals surface area contributed by atoms with Crippen LogP contribution in [0.2, 0.25) is 5.02 Å². The van der Waals surface area contributed by atoms with Gasteiger partial charge in [-0.3, -0.25) is 4.79 Å². The van der Waals surface area contributed by atoms with Crippen molar-refractivity contribution < 1.29 is 4.79 Å². The standard InChI is InChI=1S/C26H27ClN2OS/c1-26(2,3)18-11-14-21-22(15-18)31-25(28-16-17-9-12-19(27)13-10-17)23(21)24(30)29-20-7-5-4-6-8-20/h4-10,12-13,16,18H,11,14-15H2,1-3H3,(H,29,30)/b28-16+. The van der Waals surface area contributed by atoms with Crippen LogP contribution in [0.25, 0.3) is 0 Å². The number of amides is 1. The van der Waals surface area contributed by atoms with Crippen molar-refractivity contribution in [2.75, 3.05) is 5.32 Å². The van der Waals surface area contributed by atoms with Gasteiger partial charge in [0.15, 0.2) is 0 Å². The van der Waals surface area contributed by atoms with Gasteiger partial charge >= 0.3 is 0 Å². The third-order valence-electron chi connectivity index (χ3n) is 5.93. The molecule has 31 heavy (non-hydrogen) atoms. The first-order valence-corrected chi connectivity index (χ1v) is 11.8. The number of anilines is 1. The van der Waals surface area contributed by atoms with Gasteiger partial charge in [-0.2, -0.15) is 0 Å². The van der Waals surface area contributed by atoms with Crippen LogP contribution < -0.4 is 5.32 Å². The van der Waals surface area contributed by atoms with Crippen LogP contribution in [-0.2, 0) is 12.8 Å². The zero-order valence-corrected chi connectivity index (χ0v) is 19.7. The summed E-state index contributed by atoms with van der Waals surface area (Å²) < 4.78 is 0. The highest BCUT2D eigenvalue weighted by atomic mass is 35.5. The predicted molar refractivity (Wildman–Crippen MR) is 132 cm³/mol. The minimum absolute atomic E-state index is 0.0823. The topological polar surface area (TPSA) is 41.5 Å². The molecule has 1 aliphatic rings. The van der Waals surface area contributed by atoms with Gasteiger partial charge in [-0.25, -0.2) is 4.99 Å². The molecule has 1 heterocycles. The molecule has 0 radical (unpaired) electrons. The van der Waals surface area contributed by atoms with E-state index in [4.69, 9.17) is 16.6 Å². The number of nitrogens with one attached hydrogen (secondary N) is 1. The number of thiophene rings is 1. The van der Waals surface area contributed by atoms with Gasteiger partial charge in [0.25, 0.3) is 5.91 Å². The molecule has 5 heteroatoms. The first kappa shape index (κ1) is 21.8. The summed E-state index contributed by atoms with van der Waals surface area (Å²) >= 11 is 7.65. The Morgan fingerprint density at radius 3 is 2.52 bits per heavy atom. The minimum Gasteiger partial charge on any atom is -0.322 e. The lowest BCUT2D eigenvalue weighted by Gasteiger charge is -2.33. The molecule has 160 valence electrons. The van der Waals surface area contributed by atoms with Crippen molar-refractivity contribution in [3.63, 3.8) is 0 Å². The van der Waals surface area contributed by atoms with E-state index in [2.05, 4.69) is 26.1 Å². The predicted octanol–water partition coefficient (Wildman–Crippen LogP) is 7.56. The van der Waals surface area contributed by atoms with Crippen molar-refractivity contribution in [3.8, 4) is 0 Å². The van der Waals surface area contributed by atoms with Gasteiger partial charge in [-0.15, -0.1) is 11.3 Å². The number of para-hydroxylation sites is 1. The Labute approximate surface area is 193 Å². The third kappa shape index (κ3) is 5.08. The maximum Gasteiger partial charge on any atom is 0.259 e. The molecule has 0 spiro atoms. The Kier molecular flexibility index (Phi) is 6.31. The second-order valence-corrected chi connectivity index (χ2v) is 10.6. The van der Waals surface area contributed by atoms with Crippen molar-refractivity contribution in [1.82, 2.24) is 0 Å². The van der Waals surface area contributed by atoms with Gasteiger partial charge in [0, 0.05) is 21.8 Å². The zero-order valence-electron chi connectivity index (χ0n) is 18.1. The first-order chi connectivity index (χ1) is 14.8. The Bertz CT molecular complexity index is 1090. The maximum atomic E-state index is 13.3. The van der Waals surface area contributed by atoms with Crippen LogP contribution in [-0.4, -0.2) is 12.1 Å². The van der Waals surface area contributed by atoms with Crippen LogP contribution in [0, 0.1) is 11.3 Å². The molecule has 1 unspecified atom stereocenters. The molecule has 1 aliphatic carbocycles. The lowest BCUT2D eigenvalue weighted by molar-refractivity contribution is 0.102. The van der Waals surface area contributed by atoms with Gasteiger partial charge in [0.05, 0.1) is 5.56 Å². The van der Waals surface area contributed by atoms with Crippen molar-refractivity contribution in [1.29, 1.82) is 0 Å². The fourth-order valence-electron chi connectivity index (χ4n) is 4.03. The van der Waals surface area contributed by atoms with Crippen LogP contribution in [0.1, 0.15) is 53.6 Å². The Balaban J connectivity index is 1.69. The molecule has 0 saturated carbocycles. The molecular formula is C26H27ClN2OS. The molecule has 1 amide bonds. The van der Waals surface area contributed by atoms with Gasteiger partial charge in [-0.05, 0) is 66.0 Å². The van der Waals surface area contributed by atoms with Gasteiger partial charge < -0.3 is 5.32 Å². The summed E-state index contributed by atoms with van der Waals surface area (Å²) in [4.78, 5) is 19.4. The number of carbonyl (C=O) groups is 1. The minimum atomic E-state index is -0.0823. The molecule has 3 nitrogen and oxygen atoms in total. The number of nitrogens with zero attached hydrogens (tertiary/aromatic N) is 1. The fraction of sp³-hybridized carbons (Fsp3) is 0.308. The Morgan fingerprint density at radius 1 is 1.13 bits per heavy atom. The summed E-state index contributed by atoms with van der Waals surface area (Å²) in [6, 6.07) is 17.1. The SMILES string of the molecule is CC(C)(C)C1CCc2c(sc(/N=C/c3ccc(Cl)cc3)c2C(=O)Nc2ccccc2)C1. The lowest BCUT2D eigenvalue weighted by atomic mass is 9.72. The molecule has 1 aromatic heterocycles. The molecule has 3 aromatic rings. The average Bonchev–Trinajstić information content (AvgIpc) is 3.11. The number of rotatable bonds is 4. The monoisotopic (exact) mass is 450 g/mol. The number of aliphatic imine (C=N–C) groups is 1. The smallest absolute Gasteiger partial charge is 0.259 e. The Morgan fingerprint density at radius 2 is 1.84 bits per heavy atom. The van der Waals surface area contributed by atoms with E-state index >= 15 is 0 Å². The summed E-state index contributed by atoms with van der Waals surface area (Å²) in [6.45, 7) is 6.91. The molecule has 0 bridgehead atoms. The molecular weight excluding hydrogens is 424 g/mol. The molecule has 0 fully saturated rings. The number of halogens is 1. The number of carbonyl (C=O) groups excluding carboxylic acids is 1. The molecule has 2 aromatic carbocycles. The van der Waals surface area contributed by atoms with E-state index in [1.807, 2.05) is 60.8 Å². The highest BCUT2D eigenvalue weighted by Gasteiger charge is 2.33. The van der Waals surface area contributed by atoms with Gasteiger partial charge in [-0.1, -0.05) is 62.7 Å². The molecule has 1 N–H and O–H groups in total. The zero-order chi connectivity index (χ0) is 22.0. The van der Waals surface area contributed by atoms with Gasteiger partial charge in [0.1, 0.15) is 5.00 Å². The molecule has 4 rings (SSSR count). The highest BCUT2D eigenvalue weighted by molar-refractivity contribution is 7.16.